The molecule has 0 amide bonds. The highest BCUT2D eigenvalue weighted by molar-refractivity contribution is 6.62. The summed E-state index contributed by atoms with van der Waals surface area (Å²) in [5.74, 6) is 0.890. The molecule has 0 N–H and O–H groups in total. The number of benzene rings is 1. The van der Waals surface area contributed by atoms with Gasteiger partial charge in [0.2, 0.25) is 0 Å². The van der Waals surface area contributed by atoms with Crippen LogP contribution in [0.3, 0.4) is 0 Å². The lowest BCUT2D eigenvalue weighted by molar-refractivity contribution is -0.0721. The fourth-order valence-electron chi connectivity index (χ4n) is 3.32. The first kappa shape index (κ1) is 17.8. The van der Waals surface area contributed by atoms with Crippen LogP contribution < -0.4 is 10.2 Å². The highest BCUT2D eigenvalue weighted by Crippen LogP contribution is 2.36. The van der Waals surface area contributed by atoms with E-state index in [1.54, 1.807) is 0 Å². The molecule has 3 atom stereocenters. The Kier molecular flexibility index (Phi) is 4.71. The van der Waals surface area contributed by atoms with Gasteiger partial charge in [0.05, 0.1) is 23.4 Å². The molecule has 1 aromatic carbocycles. The zero-order valence-electron chi connectivity index (χ0n) is 15.7. The highest BCUT2D eigenvalue weighted by Gasteiger charge is 2.51. The summed E-state index contributed by atoms with van der Waals surface area (Å²) >= 11 is 0. The lowest BCUT2D eigenvalue weighted by atomic mass is 9.79. The second-order valence-electron chi connectivity index (χ2n) is 8.13. The molecule has 0 aromatic heterocycles. The molecule has 0 bridgehead atoms. The minimum Gasteiger partial charge on any atom is -0.490 e. The average molecular weight is 332 g/mol. The largest absolute Gasteiger partial charge is 0.494 e. The Balaban J connectivity index is 1.64. The van der Waals surface area contributed by atoms with Gasteiger partial charge >= 0.3 is 7.12 Å². The van der Waals surface area contributed by atoms with E-state index < -0.39 is 0 Å². The molecular formula is C19H29BO4. The van der Waals surface area contributed by atoms with Crippen LogP contribution in [-0.2, 0) is 14.0 Å². The molecule has 24 heavy (non-hydrogen) atoms. The maximum Gasteiger partial charge on any atom is 0.494 e. The molecule has 2 saturated heterocycles. The van der Waals surface area contributed by atoms with Crippen LogP contribution in [0.15, 0.2) is 24.3 Å². The molecule has 2 fully saturated rings. The molecule has 0 radical (unpaired) electrons. The molecule has 0 spiro atoms. The average Bonchev–Trinajstić information content (AvgIpc) is 2.67. The van der Waals surface area contributed by atoms with Crippen molar-refractivity contribution < 1.29 is 18.8 Å². The van der Waals surface area contributed by atoms with E-state index in [-0.39, 0.29) is 36.6 Å². The minimum atomic E-state index is -0.327. The molecule has 1 aromatic rings. The van der Waals surface area contributed by atoms with Crippen LogP contribution in [0.1, 0.15) is 54.4 Å². The summed E-state index contributed by atoms with van der Waals surface area (Å²) in [7, 11) is -0.327. The van der Waals surface area contributed by atoms with E-state index in [1.165, 1.54) is 0 Å². The summed E-state index contributed by atoms with van der Waals surface area (Å²) in [6.07, 6.45) is 2.59. The zero-order chi connectivity index (χ0) is 17.5. The minimum absolute atomic E-state index is 0.214. The lowest BCUT2D eigenvalue weighted by Crippen LogP contribution is -2.41. The van der Waals surface area contributed by atoms with Crippen molar-refractivity contribution in [1.82, 2.24) is 0 Å². The van der Waals surface area contributed by atoms with Gasteiger partial charge in [-0.1, -0.05) is 12.1 Å². The van der Waals surface area contributed by atoms with Crippen molar-refractivity contribution in [3.63, 3.8) is 0 Å². The van der Waals surface area contributed by atoms with Gasteiger partial charge in [-0.25, -0.2) is 0 Å². The van der Waals surface area contributed by atoms with Crippen molar-refractivity contribution in [3.05, 3.63) is 24.3 Å². The third-order valence-electron chi connectivity index (χ3n) is 5.36. The Bertz CT molecular complexity index is 543. The van der Waals surface area contributed by atoms with Crippen LogP contribution >= 0.6 is 0 Å². The van der Waals surface area contributed by atoms with Crippen molar-refractivity contribution >= 4 is 12.6 Å². The molecular weight excluding hydrogens is 303 g/mol. The van der Waals surface area contributed by atoms with Crippen molar-refractivity contribution in [2.75, 3.05) is 0 Å². The van der Waals surface area contributed by atoms with Crippen LogP contribution in [-0.4, -0.2) is 36.6 Å². The lowest BCUT2D eigenvalue weighted by Gasteiger charge is -2.32. The Morgan fingerprint density at radius 3 is 1.92 bits per heavy atom. The monoisotopic (exact) mass is 332 g/mol. The predicted molar refractivity (Wildman–Crippen MR) is 95.8 cm³/mol. The summed E-state index contributed by atoms with van der Waals surface area (Å²) in [5.41, 5.74) is 0.386. The van der Waals surface area contributed by atoms with E-state index in [9.17, 15) is 0 Å². The maximum atomic E-state index is 6.13. The van der Waals surface area contributed by atoms with Gasteiger partial charge in [0, 0.05) is 12.8 Å². The van der Waals surface area contributed by atoms with Gasteiger partial charge in [0.15, 0.2) is 0 Å². The van der Waals surface area contributed by atoms with Crippen LogP contribution in [0.5, 0.6) is 5.75 Å². The number of hydrogen-bond acceptors (Lipinski definition) is 4. The van der Waals surface area contributed by atoms with E-state index in [4.69, 9.17) is 18.8 Å². The summed E-state index contributed by atoms with van der Waals surface area (Å²) < 4.78 is 24.1. The molecule has 2 aliphatic heterocycles. The SMILES string of the molecule is C[C@@H]1C[C@H](Oc2ccc(B3OC(C)(C)C(C)(C)O3)cc2)C[C@H](C)O1. The van der Waals surface area contributed by atoms with Gasteiger partial charge in [0.25, 0.3) is 0 Å². The summed E-state index contributed by atoms with van der Waals surface area (Å²) in [6, 6.07) is 8.07. The zero-order valence-corrected chi connectivity index (χ0v) is 15.7. The maximum absolute atomic E-state index is 6.13. The van der Waals surface area contributed by atoms with Crippen LogP contribution in [0.2, 0.25) is 0 Å². The molecule has 0 saturated carbocycles. The predicted octanol–water partition coefficient (Wildman–Crippen LogP) is 3.32. The Morgan fingerprint density at radius 1 is 0.917 bits per heavy atom. The molecule has 5 heteroatoms. The third kappa shape index (κ3) is 3.63. The van der Waals surface area contributed by atoms with E-state index in [2.05, 4.69) is 41.5 Å². The second kappa shape index (κ2) is 6.36. The fraction of sp³-hybridized carbons (Fsp3) is 0.684. The van der Waals surface area contributed by atoms with Crippen LogP contribution in [0.4, 0.5) is 0 Å². The normalized spacial score (nSPS) is 31.9. The van der Waals surface area contributed by atoms with Gasteiger partial charge in [-0.2, -0.15) is 0 Å². The number of hydrogen-bond donors (Lipinski definition) is 0. The van der Waals surface area contributed by atoms with Crippen LogP contribution in [0.25, 0.3) is 0 Å². The van der Waals surface area contributed by atoms with E-state index in [0.717, 1.165) is 24.1 Å². The molecule has 3 rings (SSSR count). The Hall–Kier alpha value is -1.04. The number of ether oxygens (including phenoxy) is 2. The standard InChI is InChI=1S/C19H29BO4/c1-13-11-17(12-14(2)21-13)22-16-9-7-15(8-10-16)20-23-18(3,4)19(5,6)24-20/h7-10,13-14,17H,11-12H2,1-6H3/t13-,14+,17+. The quantitative estimate of drug-likeness (QED) is 0.796. The van der Waals surface area contributed by atoms with Gasteiger partial charge in [0.1, 0.15) is 11.9 Å². The molecule has 0 aliphatic carbocycles. The topological polar surface area (TPSA) is 36.9 Å². The van der Waals surface area contributed by atoms with Crippen molar-refractivity contribution in [1.29, 1.82) is 0 Å². The van der Waals surface area contributed by atoms with Gasteiger partial charge in [-0.3, -0.25) is 0 Å². The first-order valence-corrected chi connectivity index (χ1v) is 8.94. The summed E-state index contributed by atoms with van der Waals surface area (Å²) in [5, 5.41) is 0. The molecule has 2 heterocycles. The highest BCUT2D eigenvalue weighted by atomic mass is 16.7. The smallest absolute Gasteiger partial charge is 0.490 e. The van der Waals surface area contributed by atoms with Gasteiger partial charge in [-0.15, -0.1) is 0 Å². The second-order valence-corrected chi connectivity index (χ2v) is 8.13. The fourth-order valence-corrected chi connectivity index (χ4v) is 3.32. The number of rotatable bonds is 3. The van der Waals surface area contributed by atoms with E-state index >= 15 is 0 Å². The first-order chi connectivity index (χ1) is 11.2. The molecule has 2 aliphatic rings. The summed E-state index contributed by atoms with van der Waals surface area (Å²) in [4.78, 5) is 0. The molecule has 132 valence electrons. The van der Waals surface area contributed by atoms with Crippen molar-refractivity contribution in [2.24, 2.45) is 0 Å². The van der Waals surface area contributed by atoms with Crippen LogP contribution in [0, 0.1) is 0 Å². The molecule has 4 nitrogen and oxygen atoms in total. The molecule has 0 unspecified atom stereocenters. The summed E-state index contributed by atoms with van der Waals surface area (Å²) in [6.45, 7) is 12.5. The van der Waals surface area contributed by atoms with Gasteiger partial charge < -0.3 is 18.8 Å². The Morgan fingerprint density at radius 2 is 1.42 bits per heavy atom. The first-order valence-electron chi connectivity index (χ1n) is 8.94. The van der Waals surface area contributed by atoms with E-state index in [0.29, 0.717) is 0 Å². The Labute approximate surface area is 146 Å². The third-order valence-corrected chi connectivity index (χ3v) is 5.36. The van der Waals surface area contributed by atoms with E-state index in [1.807, 2.05) is 24.3 Å². The van der Waals surface area contributed by atoms with Crippen molar-refractivity contribution in [3.8, 4) is 5.75 Å². The van der Waals surface area contributed by atoms with Crippen molar-refractivity contribution in [2.45, 2.75) is 83.9 Å². The van der Waals surface area contributed by atoms with Gasteiger partial charge in [-0.05, 0) is 59.1 Å².